The number of ether oxygens (including phenoxy) is 1. The SMILES string of the molecule is O=C1NC2CCC(NC(=S)Nc3ccc(Oc4ccccc4)cc3)CC2N1. The van der Waals surface area contributed by atoms with Gasteiger partial charge in [-0.05, 0) is 67.9 Å². The molecule has 4 rings (SSSR count). The summed E-state index contributed by atoms with van der Waals surface area (Å²) in [5.41, 5.74) is 0.900. The van der Waals surface area contributed by atoms with Crippen molar-refractivity contribution in [3.8, 4) is 11.5 Å². The predicted molar refractivity (Wildman–Crippen MR) is 109 cm³/mol. The molecule has 27 heavy (non-hydrogen) atoms. The number of amides is 2. The number of carbonyl (C=O) groups is 1. The van der Waals surface area contributed by atoms with Crippen molar-refractivity contribution in [1.29, 1.82) is 0 Å². The van der Waals surface area contributed by atoms with Crippen molar-refractivity contribution >= 4 is 29.0 Å². The molecule has 140 valence electrons. The van der Waals surface area contributed by atoms with E-state index in [4.69, 9.17) is 17.0 Å². The summed E-state index contributed by atoms with van der Waals surface area (Å²) >= 11 is 5.44. The normalized spacial score (nSPS) is 23.6. The zero-order chi connectivity index (χ0) is 18.6. The van der Waals surface area contributed by atoms with Crippen molar-refractivity contribution in [2.45, 2.75) is 37.4 Å². The second-order valence-electron chi connectivity index (χ2n) is 6.88. The van der Waals surface area contributed by atoms with Gasteiger partial charge in [0.15, 0.2) is 5.11 Å². The van der Waals surface area contributed by atoms with E-state index in [9.17, 15) is 4.79 Å². The lowest BCUT2D eigenvalue weighted by molar-refractivity contribution is 0.247. The molecule has 2 aliphatic rings. The molecule has 1 aliphatic carbocycles. The third-order valence-electron chi connectivity index (χ3n) is 4.91. The van der Waals surface area contributed by atoms with Crippen LogP contribution in [0.15, 0.2) is 54.6 Å². The molecule has 1 heterocycles. The van der Waals surface area contributed by atoms with Gasteiger partial charge in [0.05, 0.1) is 12.1 Å². The van der Waals surface area contributed by atoms with Crippen LogP contribution < -0.4 is 26.0 Å². The summed E-state index contributed by atoms with van der Waals surface area (Å²) in [5, 5.41) is 13.1. The molecule has 0 spiro atoms. The third-order valence-corrected chi connectivity index (χ3v) is 5.13. The molecular weight excluding hydrogens is 360 g/mol. The number of benzene rings is 2. The number of fused-ring (bicyclic) bond motifs is 1. The van der Waals surface area contributed by atoms with Crippen LogP contribution in [0.5, 0.6) is 11.5 Å². The summed E-state index contributed by atoms with van der Waals surface area (Å²) in [6.45, 7) is 0. The van der Waals surface area contributed by atoms with Crippen LogP contribution in [0.25, 0.3) is 0 Å². The standard InChI is InChI=1S/C20H22N4O2S/c25-19-23-17-11-8-14(12-18(17)24-19)22-20(27)21-13-6-9-16(10-7-13)26-15-4-2-1-3-5-15/h1-7,9-10,14,17-18H,8,11-12H2,(H2,21,22,27)(H2,23,24,25). The van der Waals surface area contributed by atoms with Gasteiger partial charge in [-0.1, -0.05) is 18.2 Å². The summed E-state index contributed by atoms with van der Waals surface area (Å²) in [7, 11) is 0. The molecule has 2 aromatic carbocycles. The summed E-state index contributed by atoms with van der Waals surface area (Å²) < 4.78 is 5.79. The zero-order valence-electron chi connectivity index (χ0n) is 14.8. The molecule has 0 aromatic heterocycles. The van der Waals surface area contributed by atoms with Gasteiger partial charge in [-0.25, -0.2) is 4.79 Å². The largest absolute Gasteiger partial charge is 0.457 e. The van der Waals surface area contributed by atoms with Gasteiger partial charge >= 0.3 is 6.03 Å². The highest BCUT2D eigenvalue weighted by Gasteiger charge is 2.37. The van der Waals surface area contributed by atoms with Gasteiger partial charge in [-0.2, -0.15) is 0 Å². The van der Waals surface area contributed by atoms with Crippen LogP contribution in [0.4, 0.5) is 10.5 Å². The fourth-order valence-electron chi connectivity index (χ4n) is 3.60. The van der Waals surface area contributed by atoms with Crippen LogP contribution in [-0.4, -0.2) is 29.3 Å². The van der Waals surface area contributed by atoms with Gasteiger partial charge in [0, 0.05) is 11.7 Å². The minimum absolute atomic E-state index is 0.0656. The molecule has 2 amide bonds. The molecule has 7 heteroatoms. The van der Waals surface area contributed by atoms with Gasteiger partial charge in [0.2, 0.25) is 0 Å². The van der Waals surface area contributed by atoms with Crippen LogP contribution >= 0.6 is 12.2 Å². The maximum Gasteiger partial charge on any atom is 0.315 e. The third kappa shape index (κ3) is 4.49. The maximum absolute atomic E-state index is 11.4. The van der Waals surface area contributed by atoms with E-state index in [-0.39, 0.29) is 24.2 Å². The zero-order valence-corrected chi connectivity index (χ0v) is 15.6. The number of carbonyl (C=O) groups excluding carboxylic acids is 1. The topological polar surface area (TPSA) is 74.4 Å². The van der Waals surface area contributed by atoms with E-state index in [1.807, 2.05) is 54.6 Å². The lowest BCUT2D eigenvalue weighted by Gasteiger charge is -2.31. The molecule has 2 fully saturated rings. The van der Waals surface area contributed by atoms with Crippen molar-refractivity contribution in [2.75, 3.05) is 5.32 Å². The lowest BCUT2D eigenvalue weighted by Crippen LogP contribution is -2.48. The minimum atomic E-state index is -0.0656. The molecule has 6 nitrogen and oxygen atoms in total. The van der Waals surface area contributed by atoms with Gasteiger partial charge in [-0.15, -0.1) is 0 Å². The quantitative estimate of drug-likeness (QED) is 0.610. The first kappa shape index (κ1) is 17.6. The number of hydrogen-bond acceptors (Lipinski definition) is 3. The minimum Gasteiger partial charge on any atom is -0.457 e. The van der Waals surface area contributed by atoms with E-state index in [0.29, 0.717) is 5.11 Å². The number of rotatable bonds is 4. The fourth-order valence-corrected chi connectivity index (χ4v) is 3.88. The monoisotopic (exact) mass is 382 g/mol. The number of urea groups is 1. The number of thiocarbonyl (C=S) groups is 1. The summed E-state index contributed by atoms with van der Waals surface area (Å²) in [5.74, 6) is 1.58. The Kier molecular flexibility index (Phi) is 5.11. The smallest absolute Gasteiger partial charge is 0.315 e. The highest BCUT2D eigenvalue weighted by atomic mass is 32.1. The lowest BCUT2D eigenvalue weighted by atomic mass is 9.88. The molecule has 0 bridgehead atoms. The summed E-state index contributed by atoms with van der Waals surface area (Å²) in [4.78, 5) is 11.4. The second-order valence-corrected chi connectivity index (χ2v) is 7.29. The Hall–Kier alpha value is -2.80. The fraction of sp³-hybridized carbons (Fsp3) is 0.300. The molecule has 1 saturated carbocycles. The molecule has 0 radical (unpaired) electrons. The highest BCUT2D eigenvalue weighted by molar-refractivity contribution is 7.80. The van der Waals surface area contributed by atoms with Gasteiger partial charge in [0.1, 0.15) is 11.5 Å². The average Bonchev–Trinajstić information content (AvgIpc) is 3.03. The second kappa shape index (κ2) is 7.84. The van der Waals surface area contributed by atoms with E-state index < -0.39 is 0 Å². The number of nitrogens with one attached hydrogen (secondary N) is 4. The van der Waals surface area contributed by atoms with E-state index in [0.717, 1.165) is 36.4 Å². The Morgan fingerprint density at radius 3 is 2.44 bits per heavy atom. The van der Waals surface area contributed by atoms with Crippen molar-refractivity contribution < 1.29 is 9.53 Å². The van der Waals surface area contributed by atoms with Gasteiger partial charge < -0.3 is 26.0 Å². The summed E-state index contributed by atoms with van der Waals surface area (Å²) in [6, 6.07) is 18.0. The Balaban J connectivity index is 1.27. The van der Waals surface area contributed by atoms with E-state index in [1.165, 1.54) is 0 Å². The molecule has 4 N–H and O–H groups in total. The Morgan fingerprint density at radius 2 is 1.67 bits per heavy atom. The van der Waals surface area contributed by atoms with Crippen molar-refractivity contribution in [3.63, 3.8) is 0 Å². The average molecular weight is 382 g/mol. The van der Waals surface area contributed by atoms with E-state index in [2.05, 4.69) is 21.3 Å². The maximum atomic E-state index is 11.4. The number of para-hydroxylation sites is 1. The Bertz CT molecular complexity index is 812. The van der Waals surface area contributed by atoms with Crippen LogP contribution in [-0.2, 0) is 0 Å². The first-order valence-corrected chi connectivity index (χ1v) is 9.54. The van der Waals surface area contributed by atoms with Gasteiger partial charge in [0.25, 0.3) is 0 Å². The van der Waals surface area contributed by atoms with Crippen LogP contribution in [0.1, 0.15) is 19.3 Å². The van der Waals surface area contributed by atoms with E-state index in [1.54, 1.807) is 0 Å². The molecule has 3 unspecified atom stereocenters. The van der Waals surface area contributed by atoms with Gasteiger partial charge in [-0.3, -0.25) is 0 Å². The Labute approximate surface area is 163 Å². The van der Waals surface area contributed by atoms with Crippen molar-refractivity contribution in [2.24, 2.45) is 0 Å². The van der Waals surface area contributed by atoms with E-state index >= 15 is 0 Å². The van der Waals surface area contributed by atoms with Crippen LogP contribution in [0.3, 0.4) is 0 Å². The molecule has 1 aliphatic heterocycles. The first-order valence-electron chi connectivity index (χ1n) is 9.13. The number of hydrogen-bond donors (Lipinski definition) is 4. The van der Waals surface area contributed by atoms with Crippen molar-refractivity contribution in [1.82, 2.24) is 16.0 Å². The molecule has 3 atom stereocenters. The molecule has 2 aromatic rings. The molecule has 1 saturated heterocycles. The van der Waals surface area contributed by atoms with Crippen LogP contribution in [0, 0.1) is 0 Å². The Morgan fingerprint density at radius 1 is 0.963 bits per heavy atom. The van der Waals surface area contributed by atoms with Crippen molar-refractivity contribution in [3.05, 3.63) is 54.6 Å². The first-order chi connectivity index (χ1) is 13.2. The van der Waals surface area contributed by atoms with Crippen LogP contribution in [0.2, 0.25) is 0 Å². The predicted octanol–water partition coefficient (Wildman–Crippen LogP) is 3.37. The summed E-state index contributed by atoms with van der Waals surface area (Å²) in [6.07, 6.45) is 2.80. The highest BCUT2D eigenvalue weighted by Crippen LogP contribution is 2.24. The number of anilines is 1. The molecular formula is C20H22N4O2S.